The Morgan fingerprint density at radius 3 is 2.52 bits per heavy atom. The summed E-state index contributed by atoms with van der Waals surface area (Å²) in [5.41, 5.74) is 2.81. The number of amides is 3. The molecule has 0 saturated carbocycles. The van der Waals surface area contributed by atoms with Gasteiger partial charge in [0.25, 0.3) is 0 Å². The molecule has 0 radical (unpaired) electrons. The predicted molar refractivity (Wildman–Crippen MR) is 115 cm³/mol. The Morgan fingerprint density at radius 1 is 1.10 bits per heavy atom. The van der Waals surface area contributed by atoms with Crippen LogP contribution in [0, 0.1) is 18.8 Å². The molecule has 1 aliphatic heterocycles. The fourth-order valence-electron chi connectivity index (χ4n) is 3.09. The second-order valence-corrected chi connectivity index (χ2v) is 7.96. The fraction of sp³-hybridized carbons (Fsp3) is 0.318. The van der Waals surface area contributed by atoms with Gasteiger partial charge in [0.1, 0.15) is 0 Å². The zero-order valence-electron chi connectivity index (χ0n) is 16.7. The topological polar surface area (TPSA) is 78.5 Å². The lowest BCUT2D eigenvalue weighted by atomic mass is 10.1. The van der Waals surface area contributed by atoms with E-state index in [1.165, 1.54) is 0 Å². The smallest absolute Gasteiger partial charge is 0.229 e. The van der Waals surface area contributed by atoms with Crippen LogP contribution in [0.4, 0.5) is 17.1 Å². The van der Waals surface area contributed by atoms with E-state index in [0.29, 0.717) is 22.1 Å². The summed E-state index contributed by atoms with van der Waals surface area (Å²) in [4.78, 5) is 38.6. The van der Waals surface area contributed by atoms with Crippen LogP contribution in [-0.2, 0) is 14.4 Å². The van der Waals surface area contributed by atoms with E-state index < -0.39 is 5.92 Å². The van der Waals surface area contributed by atoms with Gasteiger partial charge in [-0.25, -0.2) is 0 Å². The average Bonchev–Trinajstić information content (AvgIpc) is 3.07. The number of rotatable bonds is 5. The van der Waals surface area contributed by atoms with E-state index in [0.717, 1.165) is 5.56 Å². The normalized spacial score (nSPS) is 16.2. The Bertz CT molecular complexity index is 958. The molecule has 0 bridgehead atoms. The summed E-state index contributed by atoms with van der Waals surface area (Å²) in [6.07, 6.45) is 0.133. The number of hydrogen-bond donors (Lipinski definition) is 2. The summed E-state index contributed by atoms with van der Waals surface area (Å²) in [6.45, 7) is 5.80. The first kappa shape index (κ1) is 20.9. The zero-order valence-corrected chi connectivity index (χ0v) is 17.4. The van der Waals surface area contributed by atoms with Crippen molar-refractivity contribution >= 4 is 46.4 Å². The van der Waals surface area contributed by atoms with Gasteiger partial charge in [0, 0.05) is 41.0 Å². The molecule has 152 valence electrons. The summed E-state index contributed by atoms with van der Waals surface area (Å²) in [7, 11) is 0. The summed E-state index contributed by atoms with van der Waals surface area (Å²) in [5, 5.41) is 6.24. The third-order valence-electron chi connectivity index (χ3n) is 4.88. The van der Waals surface area contributed by atoms with Crippen molar-refractivity contribution in [1.82, 2.24) is 0 Å². The SMILES string of the molecule is Cc1ccc(NC(=O)[C@@H]2CC(=O)N(c3cccc(NC(=O)C(C)C)c3)C2)cc1Cl. The van der Waals surface area contributed by atoms with E-state index in [2.05, 4.69) is 10.6 Å². The molecular weight excluding hydrogens is 390 g/mol. The third-order valence-corrected chi connectivity index (χ3v) is 5.29. The molecule has 7 heteroatoms. The largest absolute Gasteiger partial charge is 0.326 e. The van der Waals surface area contributed by atoms with Gasteiger partial charge in [-0.2, -0.15) is 0 Å². The molecule has 2 aromatic carbocycles. The summed E-state index contributed by atoms with van der Waals surface area (Å²) in [5.74, 6) is -1.04. The molecule has 1 fully saturated rings. The Morgan fingerprint density at radius 2 is 1.83 bits per heavy atom. The zero-order chi connectivity index (χ0) is 21.1. The minimum absolute atomic E-state index is 0.0936. The minimum Gasteiger partial charge on any atom is -0.326 e. The van der Waals surface area contributed by atoms with Crippen LogP contribution in [0.15, 0.2) is 42.5 Å². The lowest BCUT2D eigenvalue weighted by Gasteiger charge is -2.18. The van der Waals surface area contributed by atoms with E-state index in [1.807, 2.05) is 26.8 Å². The van der Waals surface area contributed by atoms with E-state index in [4.69, 9.17) is 11.6 Å². The van der Waals surface area contributed by atoms with Gasteiger partial charge in [0.05, 0.1) is 5.92 Å². The lowest BCUT2D eigenvalue weighted by molar-refractivity contribution is -0.122. The summed E-state index contributed by atoms with van der Waals surface area (Å²) < 4.78 is 0. The van der Waals surface area contributed by atoms with Gasteiger partial charge in [-0.1, -0.05) is 37.6 Å². The Labute approximate surface area is 175 Å². The Balaban J connectivity index is 1.69. The highest BCUT2D eigenvalue weighted by Gasteiger charge is 2.35. The van der Waals surface area contributed by atoms with Crippen molar-refractivity contribution in [2.75, 3.05) is 22.1 Å². The quantitative estimate of drug-likeness (QED) is 0.769. The van der Waals surface area contributed by atoms with Crippen LogP contribution in [-0.4, -0.2) is 24.3 Å². The highest BCUT2D eigenvalue weighted by molar-refractivity contribution is 6.31. The molecular formula is C22H24ClN3O3. The molecule has 1 heterocycles. The Hall–Kier alpha value is -2.86. The van der Waals surface area contributed by atoms with Gasteiger partial charge in [0.15, 0.2) is 0 Å². The van der Waals surface area contributed by atoms with Gasteiger partial charge < -0.3 is 15.5 Å². The van der Waals surface area contributed by atoms with Gasteiger partial charge in [-0.15, -0.1) is 0 Å². The lowest BCUT2D eigenvalue weighted by Crippen LogP contribution is -2.28. The molecule has 3 amide bonds. The number of carbonyl (C=O) groups is 3. The van der Waals surface area contributed by atoms with Crippen molar-refractivity contribution in [2.24, 2.45) is 11.8 Å². The van der Waals surface area contributed by atoms with Crippen molar-refractivity contribution in [3.63, 3.8) is 0 Å². The first-order valence-corrected chi connectivity index (χ1v) is 9.90. The van der Waals surface area contributed by atoms with E-state index in [9.17, 15) is 14.4 Å². The van der Waals surface area contributed by atoms with Gasteiger partial charge >= 0.3 is 0 Å². The molecule has 1 aliphatic rings. The van der Waals surface area contributed by atoms with Crippen LogP contribution in [0.3, 0.4) is 0 Å². The monoisotopic (exact) mass is 413 g/mol. The number of nitrogens with zero attached hydrogens (tertiary/aromatic N) is 1. The third kappa shape index (κ3) is 4.95. The highest BCUT2D eigenvalue weighted by Crippen LogP contribution is 2.28. The first-order valence-electron chi connectivity index (χ1n) is 9.53. The number of halogens is 1. The molecule has 0 spiro atoms. The maximum Gasteiger partial charge on any atom is 0.229 e. The van der Waals surface area contributed by atoms with E-state index in [-0.39, 0.29) is 36.6 Å². The first-order chi connectivity index (χ1) is 13.7. The number of hydrogen-bond acceptors (Lipinski definition) is 3. The van der Waals surface area contributed by atoms with Crippen LogP contribution in [0.1, 0.15) is 25.8 Å². The molecule has 1 saturated heterocycles. The molecule has 29 heavy (non-hydrogen) atoms. The molecule has 0 aliphatic carbocycles. The number of aryl methyl sites for hydroxylation is 1. The molecule has 3 rings (SSSR count). The molecule has 2 aromatic rings. The fourth-order valence-corrected chi connectivity index (χ4v) is 3.27. The van der Waals surface area contributed by atoms with Crippen molar-refractivity contribution < 1.29 is 14.4 Å². The van der Waals surface area contributed by atoms with Crippen LogP contribution in [0.25, 0.3) is 0 Å². The predicted octanol–water partition coefficient (Wildman–Crippen LogP) is 4.23. The highest BCUT2D eigenvalue weighted by atomic mass is 35.5. The van der Waals surface area contributed by atoms with Crippen LogP contribution in [0.5, 0.6) is 0 Å². The van der Waals surface area contributed by atoms with Crippen molar-refractivity contribution in [3.8, 4) is 0 Å². The van der Waals surface area contributed by atoms with Crippen molar-refractivity contribution in [2.45, 2.75) is 27.2 Å². The average molecular weight is 414 g/mol. The molecule has 1 atom stereocenters. The Kier molecular flexibility index (Phi) is 6.23. The number of anilines is 3. The van der Waals surface area contributed by atoms with E-state index >= 15 is 0 Å². The van der Waals surface area contributed by atoms with Crippen LogP contribution in [0.2, 0.25) is 5.02 Å². The minimum atomic E-state index is -0.462. The van der Waals surface area contributed by atoms with Crippen molar-refractivity contribution in [1.29, 1.82) is 0 Å². The van der Waals surface area contributed by atoms with Crippen LogP contribution >= 0.6 is 11.6 Å². The van der Waals surface area contributed by atoms with Crippen molar-refractivity contribution in [3.05, 3.63) is 53.1 Å². The molecule has 2 N–H and O–H groups in total. The number of nitrogens with one attached hydrogen (secondary N) is 2. The van der Waals surface area contributed by atoms with E-state index in [1.54, 1.807) is 41.3 Å². The maximum atomic E-state index is 12.6. The summed E-state index contributed by atoms with van der Waals surface area (Å²) in [6, 6.07) is 12.4. The number of benzene rings is 2. The summed E-state index contributed by atoms with van der Waals surface area (Å²) >= 11 is 6.11. The second kappa shape index (κ2) is 8.66. The van der Waals surface area contributed by atoms with Gasteiger partial charge in [-0.05, 0) is 42.8 Å². The maximum absolute atomic E-state index is 12.6. The van der Waals surface area contributed by atoms with Gasteiger partial charge in [-0.3, -0.25) is 14.4 Å². The standard InChI is InChI=1S/C22H24ClN3O3/c1-13(2)21(28)24-16-5-4-6-18(10-16)26-12-15(9-20(26)27)22(29)25-17-8-7-14(3)19(23)11-17/h4-8,10-11,13,15H,9,12H2,1-3H3,(H,24,28)(H,25,29)/t15-/m1/s1. The second-order valence-electron chi connectivity index (χ2n) is 7.55. The van der Waals surface area contributed by atoms with Crippen LogP contribution < -0.4 is 15.5 Å². The molecule has 0 aromatic heterocycles. The van der Waals surface area contributed by atoms with Gasteiger partial charge in [0.2, 0.25) is 17.7 Å². The number of carbonyl (C=O) groups excluding carboxylic acids is 3. The molecule has 6 nitrogen and oxygen atoms in total. The molecule has 0 unspecified atom stereocenters.